The molecule has 0 radical (unpaired) electrons. The average molecular weight is 334 g/mol. The first-order valence-electron chi connectivity index (χ1n) is 7.99. The van der Waals surface area contributed by atoms with Crippen molar-refractivity contribution in [2.45, 2.75) is 32.1 Å². The zero-order valence-electron chi connectivity index (χ0n) is 13.5. The minimum atomic E-state index is -2.68. The molecule has 5 nitrogen and oxygen atoms in total. The average Bonchev–Trinajstić information content (AvgIpc) is 3.00. The second kappa shape index (κ2) is 6.59. The van der Waals surface area contributed by atoms with Crippen molar-refractivity contribution in [2.24, 2.45) is 0 Å². The van der Waals surface area contributed by atoms with E-state index in [0.717, 1.165) is 11.3 Å². The van der Waals surface area contributed by atoms with Crippen molar-refractivity contribution < 1.29 is 13.6 Å². The Bertz CT molecular complexity index is 715. The first-order valence-corrected chi connectivity index (χ1v) is 7.99. The summed E-state index contributed by atoms with van der Waals surface area (Å²) < 4.78 is 28.6. The van der Waals surface area contributed by atoms with Gasteiger partial charge in [-0.2, -0.15) is 5.10 Å². The number of nitrogens with zero attached hydrogens (tertiary/aromatic N) is 3. The standard InChI is InChI=1S/C17H20F2N4O/c1-13-4-5-14(23-10-3-8-20-23)12-15(13)21-16(24)22-9-2-6-17(18,19)7-11-22/h3-5,8,10,12H,2,6-7,9,11H2,1H3,(H,21,24). The highest BCUT2D eigenvalue weighted by atomic mass is 19.3. The minimum Gasteiger partial charge on any atom is -0.324 e. The van der Waals surface area contributed by atoms with E-state index in [1.807, 2.05) is 37.4 Å². The number of hydrogen-bond acceptors (Lipinski definition) is 2. The van der Waals surface area contributed by atoms with Crippen LogP contribution in [0.3, 0.4) is 0 Å². The number of halogens is 2. The second-order valence-corrected chi connectivity index (χ2v) is 6.08. The van der Waals surface area contributed by atoms with Crippen LogP contribution in [-0.2, 0) is 0 Å². The lowest BCUT2D eigenvalue weighted by Gasteiger charge is -2.22. The number of carbonyl (C=O) groups excluding carboxylic acids is 1. The summed E-state index contributed by atoms with van der Waals surface area (Å²) in [7, 11) is 0. The predicted molar refractivity (Wildman–Crippen MR) is 87.7 cm³/mol. The number of aryl methyl sites for hydroxylation is 1. The molecule has 1 aliphatic rings. The normalized spacial score (nSPS) is 17.4. The first-order chi connectivity index (χ1) is 11.4. The number of amides is 2. The van der Waals surface area contributed by atoms with Gasteiger partial charge < -0.3 is 10.2 Å². The predicted octanol–water partition coefficient (Wildman–Crippen LogP) is 3.83. The number of carbonyl (C=O) groups is 1. The lowest BCUT2D eigenvalue weighted by Crippen LogP contribution is -2.36. The molecule has 0 unspecified atom stereocenters. The van der Waals surface area contributed by atoms with Gasteiger partial charge in [0.25, 0.3) is 0 Å². The lowest BCUT2D eigenvalue weighted by atomic mass is 10.1. The molecule has 2 aromatic rings. The molecule has 24 heavy (non-hydrogen) atoms. The first kappa shape index (κ1) is 16.4. The number of urea groups is 1. The van der Waals surface area contributed by atoms with Crippen LogP contribution < -0.4 is 5.32 Å². The van der Waals surface area contributed by atoms with Gasteiger partial charge in [0.15, 0.2) is 0 Å². The van der Waals surface area contributed by atoms with Gasteiger partial charge in [0.1, 0.15) is 0 Å². The van der Waals surface area contributed by atoms with Crippen molar-refractivity contribution in [3.05, 3.63) is 42.2 Å². The molecule has 0 atom stereocenters. The fourth-order valence-corrected chi connectivity index (χ4v) is 2.77. The monoisotopic (exact) mass is 334 g/mol. The Hall–Kier alpha value is -2.44. The van der Waals surface area contributed by atoms with Gasteiger partial charge in [-0.1, -0.05) is 6.07 Å². The summed E-state index contributed by atoms with van der Waals surface area (Å²) in [6, 6.07) is 7.10. The Balaban J connectivity index is 1.73. The quantitative estimate of drug-likeness (QED) is 0.907. The molecule has 1 N–H and O–H groups in total. The highest BCUT2D eigenvalue weighted by Gasteiger charge is 2.33. The Morgan fingerprint density at radius 2 is 2.12 bits per heavy atom. The zero-order chi connectivity index (χ0) is 17.2. The number of aromatic nitrogens is 2. The molecule has 0 saturated carbocycles. The Morgan fingerprint density at radius 3 is 2.88 bits per heavy atom. The second-order valence-electron chi connectivity index (χ2n) is 6.08. The van der Waals surface area contributed by atoms with Crippen LogP contribution in [0.25, 0.3) is 5.69 Å². The maximum Gasteiger partial charge on any atom is 0.321 e. The smallest absolute Gasteiger partial charge is 0.321 e. The van der Waals surface area contributed by atoms with Gasteiger partial charge in [0.05, 0.1) is 5.69 Å². The summed E-state index contributed by atoms with van der Waals surface area (Å²) >= 11 is 0. The summed E-state index contributed by atoms with van der Waals surface area (Å²) in [4.78, 5) is 13.9. The largest absolute Gasteiger partial charge is 0.324 e. The van der Waals surface area contributed by atoms with Crippen LogP contribution in [0.15, 0.2) is 36.7 Å². The number of anilines is 1. The molecule has 1 aromatic heterocycles. The summed E-state index contributed by atoms with van der Waals surface area (Å²) in [6.07, 6.45) is 3.35. The summed E-state index contributed by atoms with van der Waals surface area (Å²) in [5.41, 5.74) is 2.38. The Labute approximate surface area is 139 Å². The summed E-state index contributed by atoms with van der Waals surface area (Å²) in [5.74, 6) is -2.68. The molecule has 0 spiro atoms. The molecule has 7 heteroatoms. The van der Waals surface area contributed by atoms with Crippen LogP contribution in [0, 0.1) is 6.92 Å². The molecular formula is C17H20F2N4O. The molecule has 1 aromatic carbocycles. The van der Waals surface area contributed by atoms with E-state index < -0.39 is 5.92 Å². The van der Waals surface area contributed by atoms with Crippen molar-refractivity contribution in [1.29, 1.82) is 0 Å². The number of benzene rings is 1. The van der Waals surface area contributed by atoms with Crippen molar-refractivity contribution in [1.82, 2.24) is 14.7 Å². The maximum absolute atomic E-state index is 13.4. The SMILES string of the molecule is Cc1ccc(-n2cccn2)cc1NC(=O)N1CCCC(F)(F)CC1. The molecule has 0 bridgehead atoms. The number of alkyl halides is 2. The van der Waals surface area contributed by atoms with E-state index in [2.05, 4.69) is 10.4 Å². The van der Waals surface area contributed by atoms with Crippen molar-refractivity contribution in [2.75, 3.05) is 18.4 Å². The highest BCUT2D eigenvalue weighted by Crippen LogP contribution is 2.28. The van der Waals surface area contributed by atoms with Crippen LogP contribution in [0.4, 0.5) is 19.3 Å². The number of rotatable bonds is 2. The molecular weight excluding hydrogens is 314 g/mol. The van der Waals surface area contributed by atoms with E-state index >= 15 is 0 Å². The Kier molecular flexibility index (Phi) is 4.51. The Morgan fingerprint density at radius 1 is 1.29 bits per heavy atom. The molecule has 1 fully saturated rings. The molecule has 2 heterocycles. The van der Waals surface area contributed by atoms with E-state index in [1.54, 1.807) is 10.9 Å². The highest BCUT2D eigenvalue weighted by molar-refractivity contribution is 5.90. The zero-order valence-corrected chi connectivity index (χ0v) is 13.5. The van der Waals surface area contributed by atoms with Gasteiger partial charge in [-0.15, -0.1) is 0 Å². The summed E-state index contributed by atoms with van der Waals surface area (Å²) in [6.45, 7) is 2.30. The van der Waals surface area contributed by atoms with E-state index in [1.165, 1.54) is 4.90 Å². The third kappa shape index (κ3) is 3.72. The topological polar surface area (TPSA) is 50.2 Å². The van der Waals surface area contributed by atoms with Crippen LogP contribution in [-0.4, -0.2) is 39.7 Å². The molecule has 2 amide bonds. The number of hydrogen-bond donors (Lipinski definition) is 1. The van der Waals surface area contributed by atoms with Crippen molar-refractivity contribution in [3.63, 3.8) is 0 Å². The van der Waals surface area contributed by atoms with E-state index in [9.17, 15) is 13.6 Å². The van der Waals surface area contributed by atoms with Crippen molar-refractivity contribution >= 4 is 11.7 Å². The van der Waals surface area contributed by atoms with Crippen LogP contribution >= 0.6 is 0 Å². The summed E-state index contributed by atoms with van der Waals surface area (Å²) in [5, 5.41) is 7.00. The van der Waals surface area contributed by atoms with Gasteiger partial charge in [-0.3, -0.25) is 0 Å². The molecule has 128 valence electrons. The fourth-order valence-electron chi connectivity index (χ4n) is 2.77. The molecule has 1 aliphatic heterocycles. The maximum atomic E-state index is 13.4. The van der Waals surface area contributed by atoms with Gasteiger partial charge in [-0.25, -0.2) is 18.3 Å². The van der Waals surface area contributed by atoms with Crippen LogP contribution in [0.5, 0.6) is 0 Å². The third-order valence-electron chi connectivity index (χ3n) is 4.24. The van der Waals surface area contributed by atoms with Crippen LogP contribution in [0.1, 0.15) is 24.8 Å². The van der Waals surface area contributed by atoms with Gasteiger partial charge >= 0.3 is 6.03 Å². The van der Waals surface area contributed by atoms with Gasteiger partial charge in [-0.05, 0) is 37.1 Å². The van der Waals surface area contributed by atoms with E-state index in [-0.39, 0.29) is 25.4 Å². The molecule has 0 aliphatic carbocycles. The van der Waals surface area contributed by atoms with E-state index in [0.29, 0.717) is 18.7 Å². The van der Waals surface area contributed by atoms with E-state index in [4.69, 9.17) is 0 Å². The van der Waals surface area contributed by atoms with Crippen LogP contribution in [0.2, 0.25) is 0 Å². The number of likely N-dealkylation sites (tertiary alicyclic amines) is 1. The number of nitrogens with one attached hydrogen (secondary N) is 1. The molecule has 3 rings (SSSR count). The molecule has 1 saturated heterocycles. The lowest BCUT2D eigenvalue weighted by molar-refractivity contribution is -0.0121. The third-order valence-corrected chi connectivity index (χ3v) is 4.24. The van der Waals surface area contributed by atoms with Crippen molar-refractivity contribution in [3.8, 4) is 5.69 Å². The van der Waals surface area contributed by atoms with Gasteiger partial charge in [0, 0.05) is 44.0 Å². The fraction of sp³-hybridized carbons (Fsp3) is 0.412. The van der Waals surface area contributed by atoms with Gasteiger partial charge in [0.2, 0.25) is 5.92 Å². The minimum absolute atomic E-state index is 0.0662.